The number of aromatic nitrogens is 1. The third kappa shape index (κ3) is 3.45. The Kier molecular flexibility index (Phi) is 4.50. The first-order valence-corrected chi connectivity index (χ1v) is 9.45. The molecule has 4 heteroatoms. The van der Waals surface area contributed by atoms with Crippen molar-refractivity contribution in [2.24, 2.45) is 0 Å². The van der Waals surface area contributed by atoms with Crippen molar-refractivity contribution in [3.05, 3.63) is 59.1 Å². The highest BCUT2D eigenvalue weighted by molar-refractivity contribution is 7.18. The number of aromatic hydroxyl groups is 1. The number of piperidine rings is 1. The van der Waals surface area contributed by atoms with Crippen LogP contribution in [0.25, 0.3) is 10.2 Å². The van der Waals surface area contributed by atoms with Crippen LogP contribution < -0.4 is 0 Å². The zero-order valence-corrected chi connectivity index (χ0v) is 14.5. The van der Waals surface area contributed by atoms with Gasteiger partial charge in [0.1, 0.15) is 5.75 Å². The Balaban J connectivity index is 1.33. The molecule has 2 heterocycles. The Hall–Kier alpha value is -1.91. The quantitative estimate of drug-likeness (QED) is 0.765. The van der Waals surface area contributed by atoms with Crippen LogP contribution in [0.3, 0.4) is 0 Å². The van der Waals surface area contributed by atoms with Gasteiger partial charge in [-0.25, -0.2) is 4.98 Å². The lowest BCUT2D eigenvalue weighted by Gasteiger charge is -2.31. The molecule has 0 unspecified atom stereocenters. The van der Waals surface area contributed by atoms with Gasteiger partial charge in [-0.3, -0.25) is 0 Å². The molecule has 124 valence electrons. The van der Waals surface area contributed by atoms with Gasteiger partial charge in [0.2, 0.25) is 0 Å². The normalized spacial score (nSPS) is 16.7. The maximum Gasteiger partial charge on any atom is 0.115 e. The summed E-state index contributed by atoms with van der Waals surface area (Å²) in [5.74, 6) is 0.974. The highest BCUT2D eigenvalue weighted by Gasteiger charge is 2.23. The summed E-state index contributed by atoms with van der Waals surface area (Å²) in [4.78, 5) is 7.37. The van der Waals surface area contributed by atoms with Gasteiger partial charge in [-0.1, -0.05) is 24.3 Å². The van der Waals surface area contributed by atoms with E-state index in [1.54, 1.807) is 6.07 Å². The number of nitrogens with zero attached hydrogens (tertiary/aromatic N) is 2. The second-order valence-corrected chi connectivity index (χ2v) is 7.62. The SMILES string of the molecule is Oc1cccc(CCN2CCC(c3nc4ccccc4s3)CC2)c1. The van der Waals surface area contributed by atoms with Gasteiger partial charge in [0.05, 0.1) is 15.2 Å². The molecule has 0 amide bonds. The predicted octanol–water partition coefficient (Wildman–Crippen LogP) is 4.42. The number of rotatable bonds is 4. The Bertz CT molecular complexity index is 788. The number of thiazole rings is 1. The van der Waals surface area contributed by atoms with Crippen molar-refractivity contribution in [3.8, 4) is 5.75 Å². The standard InChI is InChI=1S/C20H22N2OS/c23-17-5-3-4-15(14-17)8-11-22-12-9-16(10-13-22)20-21-18-6-1-2-7-19(18)24-20/h1-7,14,16,23H,8-13H2. The lowest BCUT2D eigenvalue weighted by Crippen LogP contribution is -2.34. The van der Waals surface area contributed by atoms with Crippen LogP contribution in [0.15, 0.2) is 48.5 Å². The van der Waals surface area contributed by atoms with Gasteiger partial charge >= 0.3 is 0 Å². The first-order valence-electron chi connectivity index (χ1n) is 8.64. The first kappa shape index (κ1) is 15.6. The van der Waals surface area contributed by atoms with Crippen LogP contribution >= 0.6 is 11.3 Å². The van der Waals surface area contributed by atoms with Gasteiger partial charge in [0, 0.05) is 12.5 Å². The summed E-state index contributed by atoms with van der Waals surface area (Å²) in [6.45, 7) is 3.34. The molecule has 1 saturated heterocycles. The van der Waals surface area contributed by atoms with Gasteiger partial charge < -0.3 is 10.0 Å². The smallest absolute Gasteiger partial charge is 0.115 e. The molecule has 1 aliphatic rings. The van der Waals surface area contributed by atoms with Crippen LogP contribution in [-0.2, 0) is 6.42 Å². The Morgan fingerprint density at radius 3 is 2.71 bits per heavy atom. The molecule has 0 bridgehead atoms. The van der Waals surface area contributed by atoms with Crippen LogP contribution in [0.5, 0.6) is 5.75 Å². The van der Waals surface area contributed by atoms with Crippen molar-refractivity contribution in [2.45, 2.75) is 25.2 Å². The summed E-state index contributed by atoms with van der Waals surface area (Å²) in [6, 6.07) is 16.0. The van der Waals surface area contributed by atoms with E-state index in [4.69, 9.17) is 4.98 Å². The van der Waals surface area contributed by atoms with E-state index in [0.29, 0.717) is 11.7 Å². The van der Waals surface area contributed by atoms with E-state index in [0.717, 1.165) is 31.6 Å². The average Bonchev–Trinajstić information content (AvgIpc) is 3.05. The van der Waals surface area contributed by atoms with E-state index in [9.17, 15) is 5.11 Å². The summed E-state index contributed by atoms with van der Waals surface area (Å²) in [7, 11) is 0. The highest BCUT2D eigenvalue weighted by atomic mass is 32.1. The molecule has 0 saturated carbocycles. The average molecular weight is 338 g/mol. The van der Waals surface area contributed by atoms with E-state index in [-0.39, 0.29) is 0 Å². The maximum atomic E-state index is 9.55. The molecular weight excluding hydrogens is 316 g/mol. The fourth-order valence-electron chi connectivity index (χ4n) is 3.47. The molecule has 24 heavy (non-hydrogen) atoms. The van der Waals surface area contributed by atoms with E-state index in [1.807, 2.05) is 23.5 Å². The van der Waals surface area contributed by atoms with Gasteiger partial charge in [-0.2, -0.15) is 0 Å². The van der Waals surface area contributed by atoms with Crippen LogP contribution in [-0.4, -0.2) is 34.6 Å². The van der Waals surface area contributed by atoms with Crippen molar-refractivity contribution in [1.29, 1.82) is 0 Å². The summed E-state index contributed by atoms with van der Waals surface area (Å²) in [6.07, 6.45) is 3.39. The predicted molar refractivity (Wildman–Crippen MR) is 99.8 cm³/mol. The molecule has 0 radical (unpaired) electrons. The minimum atomic E-state index is 0.363. The van der Waals surface area contributed by atoms with Gasteiger partial charge in [0.15, 0.2) is 0 Å². The molecule has 1 aliphatic heterocycles. The summed E-state index contributed by atoms with van der Waals surface area (Å²) in [5.41, 5.74) is 2.35. The third-order valence-corrected chi connectivity index (χ3v) is 6.07. The number of para-hydroxylation sites is 1. The van der Waals surface area contributed by atoms with Gasteiger partial charge in [-0.05, 0) is 62.2 Å². The van der Waals surface area contributed by atoms with E-state index < -0.39 is 0 Å². The number of hydrogen-bond donors (Lipinski definition) is 1. The number of phenolic OH excluding ortho intramolecular Hbond substituents is 1. The topological polar surface area (TPSA) is 36.4 Å². The zero-order valence-electron chi connectivity index (χ0n) is 13.7. The van der Waals surface area contributed by atoms with E-state index >= 15 is 0 Å². The van der Waals surface area contributed by atoms with Crippen molar-refractivity contribution in [3.63, 3.8) is 0 Å². The largest absolute Gasteiger partial charge is 0.508 e. The lowest BCUT2D eigenvalue weighted by atomic mass is 9.97. The molecule has 0 spiro atoms. The van der Waals surface area contributed by atoms with Crippen LogP contribution in [0.1, 0.15) is 29.3 Å². The van der Waals surface area contributed by atoms with Crippen molar-refractivity contribution in [2.75, 3.05) is 19.6 Å². The fourth-order valence-corrected chi connectivity index (χ4v) is 4.60. The molecule has 1 N–H and O–H groups in total. The van der Waals surface area contributed by atoms with Crippen LogP contribution in [0.2, 0.25) is 0 Å². The van der Waals surface area contributed by atoms with Gasteiger partial charge in [0.25, 0.3) is 0 Å². The number of likely N-dealkylation sites (tertiary alicyclic amines) is 1. The number of benzene rings is 2. The minimum absolute atomic E-state index is 0.363. The minimum Gasteiger partial charge on any atom is -0.508 e. The Morgan fingerprint density at radius 1 is 1.08 bits per heavy atom. The molecular formula is C20H22N2OS. The monoisotopic (exact) mass is 338 g/mol. The molecule has 1 aromatic heterocycles. The maximum absolute atomic E-state index is 9.55. The second-order valence-electron chi connectivity index (χ2n) is 6.56. The number of hydrogen-bond acceptors (Lipinski definition) is 4. The number of phenols is 1. The van der Waals surface area contributed by atoms with Crippen LogP contribution in [0.4, 0.5) is 0 Å². The summed E-state index contributed by atoms with van der Waals surface area (Å²) >= 11 is 1.86. The van der Waals surface area contributed by atoms with Crippen molar-refractivity contribution < 1.29 is 5.11 Å². The molecule has 3 aromatic rings. The molecule has 0 aliphatic carbocycles. The lowest BCUT2D eigenvalue weighted by molar-refractivity contribution is 0.214. The molecule has 3 nitrogen and oxygen atoms in total. The van der Waals surface area contributed by atoms with Gasteiger partial charge in [-0.15, -0.1) is 11.3 Å². The zero-order chi connectivity index (χ0) is 16.4. The summed E-state index contributed by atoms with van der Waals surface area (Å²) < 4.78 is 1.30. The fraction of sp³-hybridized carbons (Fsp3) is 0.350. The number of fused-ring (bicyclic) bond motifs is 1. The second kappa shape index (κ2) is 6.91. The molecule has 2 aromatic carbocycles. The molecule has 1 fully saturated rings. The molecule has 0 atom stereocenters. The third-order valence-electron chi connectivity index (χ3n) is 4.87. The first-order chi connectivity index (χ1) is 11.8. The van der Waals surface area contributed by atoms with Crippen LogP contribution in [0, 0.1) is 0 Å². The van der Waals surface area contributed by atoms with E-state index in [2.05, 4.69) is 35.2 Å². The Morgan fingerprint density at radius 2 is 1.92 bits per heavy atom. The Labute approximate surface area is 146 Å². The van der Waals surface area contributed by atoms with Crippen molar-refractivity contribution in [1.82, 2.24) is 9.88 Å². The van der Waals surface area contributed by atoms with E-state index in [1.165, 1.54) is 28.1 Å². The molecule has 4 rings (SSSR count). The highest BCUT2D eigenvalue weighted by Crippen LogP contribution is 2.33. The summed E-state index contributed by atoms with van der Waals surface area (Å²) in [5, 5.41) is 10.9. The van der Waals surface area contributed by atoms with Crippen molar-refractivity contribution >= 4 is 21.6 Å².